The number of benzene rings is 3. The van der Waals surface area contributed by atoms with Crippen molar-refractivity contribution < 1.29 is 0 Å². The van der Waals surface area contributed by atoms with Crippen molar-refractivity contribution in [2.75, 3.05) is 0 Å². The molecule has 3 aromatic carbocycles. The Bertz CT molecular complexity index is 1220. The fourth-order valence-electron chi connectivity index (χ4n) is 4.20. The third-order valence-corrected chi connectivity index (χ3v) is 6.64. The summed E-state index contributed by atoms with van der Waals surface area (Å²) in [5.74, 6) is 0. The van der Waals surface area contributed by atoms with Gasteiger partial charge in [-0.2, -0.15) is 0 Å². The molecule has 0 unspecified atom stereocenters. The summed E-state index contributed by atoms with van der Waals surface area (Å²) < 4.78 is 5.33. The first-order valence-electron chi connectivity index (χ1n) is 9.69. The Morgan fingerprint density at radius 2 is 1.50 bits per heavy atom. The van der Waals surface area contributed by atoms with Gasteiger partial charge in [0.25, 0.3) is 0 Å². The van der Waals surface area contributed by atoms with E-state index in [1.807, 2.05) is 11.3 Å². The van der Waals surface area contributed by atoms with Gasteiger partial charge in [0.1, 0.15) is 0 Å². The van der Waals surface area contributed by atoms with Gasteiger partial charge in [0.05, 0.1) is 0 Å². The van der Waals surface area contributed by atoms with Gasteiger partial charge in [0.2, 0.25) is 0 Å². The van der Waals surface area contributed by atoms with Crippen LogP contribution in [0.4, 0.5) is 0 Å². The molecule has 0 aliphatic rings. The van der Waals surface area contributed by atoms with Crippen molar-refractivity contribution in [1.82, 2.24) is 4.57 Å². The van der Waals surface area contributed by atoms with Gasteiger partial charge >= 0.3 is 0 Å². The SMILES string of the molecule is CCCCCCn1c2ccccc2c2cc3sc4ccccc4c3cc21. The fraction of sp³-hybridized carbons (Fsp3) is 0.250. The largest absolute Gasteiger partial charge is 0.340 e. The minimum absolute atomic E-state index is 1.11. The van der Waals surface area contributed by atoms with Gasteiger partial charge in [-0.1, -0.05) is 62.6 Å². The predicted molar refractivity (Wildman–Crippen MR) is 116 cm³/mol. The maximum Gasteiger partial charge on any atom is 0.0498 e. The summed E-state index contributed by atoms with van der Waals surface area (Å²) in [4.78, 5) is 0. The first-order valence-corrected chi connectivity index (χ1v) is 10.5. The normalized spacial score (nSPS) is 12.0. The van der Waals surface area contributed by atoms with Gasteiger partial charge in [-0.05, 0) is 30.7 Å². The molecule has 0 fully saturated rings. The fourth-order valence-corrected chi connectivity index (χ4v) is 5.33. The zero-order valence-corrected chi connectivity index (χ0v) is 16.0. The highest BCUT2D eigenvalue weighted by molar-refractivity contribution is 7.25. The Hall–Kier alpha value is -2.32. The van der Waals surface area contributed by atoms with Crippen LogP contribution in [0.25, 0.3) is 42.0 Å². The molecule has 5 rings (SSSR count). The minimum atomic E-state index is 1.11. The van der Waals surface area contributed by atoms with E-state index in [1.165, 1.54) is 67.7 Å². The summed E-state index contributed by atoms with van der Waals surface area (Å²) in [5.41, 5.74) is 2.76. The molecule has 2 heterocycles. The first kappa shape index (κ1) is 15.9. The van der Waals surface area contributed by atoms with Crippen molar-refractivity contribution in [2.24, 2.45) is 0 Å². The molecule has 2 aromatic heterocycles. The van der Waals surface area contributed by atoms with Crippen molar-refractivity contribution in [3.05, 3.63) is 60.7 Å². The molecule has 1 nitrogen and oxygen atoms in total. The van der Waals surface area contributed by atoms with Gasteiger partial charge in [-0.25, -0.2) is 0 Å². The number of fused-ring (bicyclic) bond motifs is 6. The Balaban J connectivity index is 1.77. The summed E-state index contributed by atoms with van der Waals surface area (Å²) in [5, 5.41) is 5.57. The average Bonchev–Trinajstić information content (AvgIpc) is 3.19. The topological polar surface area (TPSA) is 4.93 Å². The molecule has 0 saturated carbocycles. The second-order valence-corrected chi connectivity index (χ2v) is 8.28. The number of aryl methyl sites for hydroxylation is 1. The molecule has 0 amide bonds. The highest BCUT2D eigenvalue weighted by Gasteiger charge is 2.13. The van der Waals surface area contributed by atoms with Crippen LogP contribution in [0.2, 0.25) is 0 Å². The van der Waals surface area contributed by atoms with Gasteiger partial charge in [0, 0.05) is 48.5 Å². The van der Waals surface area contributed by atoms with E-state index in [4.69, 9.17) is 0 Å². The van der Waals surface area contributed by atoms with E-state index < -0.39 is 0 Å². The second-order valence-electron chi connectivity index (χ2n) is 7.19. The smallest absolute Gasteiger partial charge is 0.0498 e. The molecule has 26 heavy (non-hydrogen) atoms. The van der Waals surface area contributed by atoms with E-state index in [0.29, 0.717) is 0 Å². The van der Waals surface area contributed by atoms with Crippen molar-refractivity contribution in [1.29, 1.82) is 0 Å². The Labute approximate surface area is 157 Å². The number of nitrogens with zero attached hydrogens (tertiary/aromatic N) is 1. The number of unbranched alkanes of at least 4 members (excludes halogenated alkanes) is 3. The Kier molecular flexibility index (Phi) is 3.94. The second kappa shape index (κ2) is 6.44. The molecule has 0 N–H and O–H groups in total. The van der Waals surface area contributed by atoms with Crippen LogP contribution in [0, 0.1) is 0 Å². The van der Waals surface area contributed by atoms with E-state index in [2.05, 4.69) is 72.2 Å². The van der Waals surface area contributed by atoms with Crippen LogP contribution in [0.3, 0.4) is 0 Å². The molecule has 0 aliphatic carbocycles. The maximum absolute atomic E-state index is 2.55. The van der Waals surface area contributed by atoms with E-state index >= 15 is 0 Å². The van der Waals surface area contributed by atoms with Crippen molar-refractivity contribution in [3.63, 3.8) is 0 Å². The third kappa shape index (κ3) is 2.44. The first-order chi connectivity index (χ1) is 12.9. The molecule has 2 heteroatoms. The van der Waals surface area contributed by atoms with Gasteiger partial charge < -0.3 is 4.57 Å². The third-order valence-electron chi connectivity index (χ3n) is 5.51. The van der Waals surface area contributed by atoms with Crippen molar-refractivity contribution >= 4 is 53.3 Å². The number of para-hydroxylation sites is 1. The van der Waals surface area contributed by atoms with Crippen molar-refractivity contribution in [2.45, 2.75) is 39.2 Å². The number of rotatable bonds is 5. The van der Waals surface area contributed by atoms with E-state index in [0.717, 1.165) is 6.54 Å². The van der Waals surface area contributed by atoms with Gasteiger partial charge in [-0.3, -0.25) is 0 Å². The highest BCUT2D eigenvalue weighted by Crippen LogP contribution is 2.39. The van der Waals surface area contributed by atoms with Crippen LogP contribution in [0.1, 0.15) is 32.6 Å². The van der Waals surface area contributed by atoms with Crippen LogP contribution in [-0.4, -0.2) is 4.57 Å². The maximum atomic E-state index is 2.55. The lowest BCUT2D eigenvalue weighted by molar-refractivity contribution is 0.602. The van der Waals surface area contributed by atoms with E-state index in [-0.39, 0.29) is 0 Å². The summed E-state index contributed by atoms with van der Waals surface area (Å²) in [6, 6.07) is 22.5. The van der Waals surface area contributed by atoms with Crippen LogP contribution in [-0.2, 0) is 6.54 Å². The average molecular weight is 358 g/mol. The van der Waals surface area contributed by atoms with E-state index in [9.17, 15) is 0 Å². The van der Waals surface area contributed by atoms with Gasteiger partial charge in [-0.15, -0.1) is 11.3 Å². The van der Waals surface area contributed by atoms with Crippen LogP contribution < -0.4 is 0 Å². The van der Waals surface area contributed by atoms with Crippen LogP contribution in [0.5, 0.6) is 0 Å². The Morgan fingerprint density at radius 1 is 0.692 bits per heavy atom. The molecule has 5 aromatic rings. The lowest BCUT2D eigenvalue weighted by atomic mass is 10.1. The monoisotopic (exact) mass is 357 g/mol. The lowest BCUT2D eigenvalue weighted by Gasteiger charge is -2.07. The molecule has 0 spiro atoms. The molecule has 130 valence electrons. The van der Waals surface area contributed by atoms with Gasteiger partial charge in [0.15, 0.2) is 0 Å². The summed E-state index contributed by atoms with van der Waals surface area (Å²) in [6.45, 7) is 3.39. The zero-order chi connectivity index (χ0) is 17.5. The summed E-state index contributed by atoms with van der Waals surface area (Å²) >= 11 is 1.91. The molecule has 0 saturated heterocycles. The summed E-state index contributed by atoms with van der Waals surface area (Å²) in [6.07, 6.45) is 5.18. The van der Waals surface area contributed by atoms with Crippen LogP contribution in [0.15, 0.2) is 60.7 Å². The number of thiophene rings is 1. The number of hydrogen-bond donors (Lipinski definition) is 0. The molecule has 0 atom stereocenters. The zero-order valence-electron chi connectivity index (χ0n) is 15.2. The Morgan fingerprint density at radius 3 is 2.38 bits per heavy atom. The molecular formula is C24H23NS. The molecular weight excluding hydrogens is 334 g/mol. The minimum Gasteiger partial charge on any atom is -0.340 e. The molecule has 0 radical (unpaired) electrons. The van der Waals surface area contributed by atoms with Crippen molar-refractivity contribution in [3.8, 4) is 0 Å². The highest BCUT2D eigenvalue weighted by atomic mass is 32.1. The molecule has 0 bridgehead atoms. The van der Waals surface area contributed by atoms with E-state index in [1.54, 1.807) is 0 Å². The predicted octanol–water partition coefficient (Wildman–Crippen LogP) is 7.74. The summed E-state index contributed by atoms with van der Waals surface area (Å²) in [7, 11) is 0. The number of hydrogen-bond acceptors (Lipinski definition) is 1. The number of aromatic nitrogens is 1. The lowest BCUT2D eigenvalue weighted by Crippen LogP contribution is -1.97. The molecule has 0 aliphatic heterocycles. The van der Waals surface area contributed by atoms with Crippen LogP contribution >= 0.6 is 11.3 Å². The standard InChI is InChI=1S/C24H23NS/c1-2-3-4-9-14-25-21-12-7-5-10-17(21)19-16-24-20(15-22(19)25)18-11-6-8-13-23(18)26-24/h5-8,10-13,15-16H,2-4,9,14H2,1H3. The quantitative estimate of drug-likeness (QED) is 0.283.